The average Bonchev–Trinajstić information content (AvgIpc) is 3.80. The molecule has 13 rings (SSSR count). The molecule has 0 atom stereocenters. The zero-order valence-corrected chi connectivity index (χ0v) is 37.6. The summed E-state index contributed by atoms with van der Waals surface area (Å²) >= 11 is 0. The number of para-hydroxylation sites is 1. The molecule has 66 heavy (non-hydrogen) atoms. The van der Waals surface area contributed by atoms with Crippen LogP contribution < -0.4 is 9.80 Å². The second-order valence-electron chi connectivity index (χ2n) is 19.4. The van der Waals surface area contributed by atoms with E-state index in [-0.39, 0.29) is 10.8 Å². The van der Waals surface area contributed by atoms with Crippen LogP contribution in [0.15, 0.2) is 206 Å². The Morgan fingerprint density at radius 1 is 0.288 bits per heavy atom. The third-order valence-corrected chi connectivity index (χ3v) is 16.0. The SMILES string of the molecule is c1ccc(N(c2ccc(-c3ccc(N(c4ccc5c(c4)C4(CCCCC4)c4ccccc4-5)c4ccc5c(c4)C4(CCCCC4)c4ccccc4-5)cc3)cc2)c2cccc3ccccc23)cc1. The third-order valence-electron chi connectivity index (χ3n) is 16.0. The number of benzene rings is 9. The van der Waals surface area contributed by atoms with Gasteiger partial charge in [-0.2, -0.15) is 0 Å². The summed E-state index contributed by atoms with van der Waals surface area (Å²) in [4.78, 5) is 4.95. The van der Waals surface area contributed by atoms with Crippen LogP contribution in [0.2, 0.25) is 0 Å². The average molecular weight is 851 g/mol. The quantitative estimate of drug-likeness (QED) is 0.158. The van der Waals surface area contributed by atoms with Crippen LogP contribution >= 0.6 is 0 Å². The molecule has 320 valence electrons. The predicted octanol–water partition coefficient (Wildman–Crippen LogP) is 17.9. The van der Waals surface area contributed by atoms with Gasteiger partial charge in [-0.05, 0) is 153 Å². The van der Waals surface area contributed by atoms with Gasteiger partial charge < -0.3 is 9.80 Å². The van der Waals surface area contributed by atoms with Crippen LogP contribution in [0, 0.1) is 0 Å². The van der Waals surface area contributed by atoms with Gasteiger partial charge >= 0.3 is 0 Å². The van der Waals surface area contributed by atoms with E-state index in [1.165, 1.54) is 153 Å². The topological polar surface area (TPSA) is 6.48 Å². The zero-order chi connectivity index (χ0) is 43.7. The van der Waals surface area contributed by atoms with E-state index in [1.807, 2.05) is 0 Å². The highest BCUT2D eigenvalue weighted by Gasteiger charge is 2.45. The molecule has 0 amide bonds. The van der Waals surface area contributed by atoms with Gasteiger partial charge in [0, 0.05) is 44.7 Å². The summed E-state index contributed by atoms with van der Waals surface area (Å²) in [5, 5.41) is 2.47. The summed E-state index contributed by atoms with van der Waals surface area (Å²) in [6.45, 7) is 0. The summed E-state index contributed by atoms with van der Waals surface area (Å²) < 4.78 is 0. The van der Waals surface area contributed by atoms with Gasteiger partial charge in [-0.25, -0.2) is 0 Å². The molecule has 2 spiro atoms. The molecular weight excluding hydrogens is 797 g/mol. The van der Waals surface area contributed by atoms with Gasteiger partial charge in [-0.15, -0.1) is 0 Å². The van der Waals surface area contributed by atoms with E-state index in [4.69, 9.17) is 0 Å². The minimum Gasteiger partial charge on any atom is -0.310 e. The number of nitrogens with zero attached hydrogens (tertiary/aromatic N) is 2. The minimum absolute atomic E-state index is 0.0807. The molecular formula is C64H54N2. The van der Waals surface area contributed by atoms with Crippen molar-refractivity contribution >= 4 is 44.9 Å². The molecule has 0 heterocycles. The number of hydrogen-bond acceptors (Lipinski definition) is 2. The Bertz CT molecular complexity index is 3140. The Hall–Kier alpha value is -7.16. The summed E-state index contributed by atoms with van der Waals surface area (Å²) in [6.07, 6.45) is 12.7. The number of anilines is 6. The second kappa shape index (κ2) is 15.8. The molecule has 0 aromatic heterocycles. The van der Waals surface area contributed by atoms with Crippen molar-refractivity contribution in [2.75, 3.05) is 9.80 Å². The lowest BCUT2D eigenvalue weighted by molar-refractivity contribution is 0.353. The van der Waals surface area contributed by atoms with Gasteiger partial charge in [0.05, 0.1) is 5.69 Å². The molecule has 2 heteroatoms. The Morgan fingerprint density at radius 2 is 0.712 bits per heavy atom. The highest BCUT2D eigenvalue weighted by atomic mass is 15.1. The van der Waals surface area contributed by atoms with Crippen molar-refractivity contribution in [1.29, 1.82) is 0 Å². The van der Waals surface area contributed by atoms with Crippen LogP contribution in [-0.2, 0) is 10.8 Å². The highest BCUT2D eigenvalue weighted by Crippen LogP contribution is 2.59. The standard InChI is InChI=1S/C64H54N2/c1-4-19-48(20-5-1)66(62-26-16-18-47-17-6-7-21-53(47)62)50-33-29-46(30-34-50)45-27-31-49(32-28-45)65(51-35-37-56-54-22-8-10-24-58(54)63(60(56)43-51)39-12-2-13-40-63)52-36-38-57-55-23-9-11-25-59(55)64(61(57)44-52)41-14-3-15-42-64/h1,4-11,16-38,43-44H,2-3,12-15,39-42H2. The van der Waals surface area contributed by atoms with Crippen molar-refractivity contribution < 1.29 is 0 Å². The van der Waals surface area contributed by atoms with Gasteiger partial charge in [0.2, 0.25) is 0 Å². The van der Waals surface area contributed by atoms with Crippen LogP contribution in [0.3, 0.4) is 0 Å². The van der Waals surface area contributed by atoms with Crippen LogP contribution in [0.1, 0.15) is 86.5 Å². The van der Waals surface area contributed by atoms with Crippen molar-refractivity contribution in [1.82, 2.24) is 0 Å². The van der Waals surface area contributed by atoms with Crippen molar-refractivity contribution in [2.45, 2.75) is 75.0 Å². The molecule has 4 aliphatic carbocycles. The maximum absolute atomic E-state index is 2.58. The van der Waals surface area contributed by atoms with E-state index in [9.17, 15) is 0 Å². The number of hydrogen-bond donors (Lipinski definition) is 0. The number of rotatable bonds is 7. The largest absolute Gasteiger partial charge is 0.310 e. The van der Waals surface area contributed by atoms with Crippen LogP contribution in [0.5, 0.6) is 0 Å². The van der Waals surface area contributed by atoms with E-state index in [2.05, 4.69) is 216 Å². The molecule has 4 aliphatic rings. The lowest BCUT2D eigenvalue weighted by Gasteiger charge is -2.37. The fraction of sp³-hybridized carbons (Fsp3) is 0.188. The second-order valence-corrected chi connectivity index (χ2v) is 19.4. The molecule has 0 aliphatic heterocycles. The molecule has 2 fully saturated rings. The molecule has 0 N–H and O–H groups in total. The fourth-order valence-corrected chi connectivity index (χ4v) is 13.0. The monoisotopic (exact) mass is 850 g/mol. The molecule has 2 saturated carbocycles. The van der Waals surface area contributed by atoms with Crippen LogP contribution in [0.25, 0.3) is 44.2 Å². The Labute approximate surface area is 389 Å². The van der Waals surface area contributed by atoms with Crippen molar-refractivity contribution in [2.24, 2.45) is 0 Å². The maximum Gasteiger partial charge on any atom is 0.0540 e. The Kier molecular flexibility index (Phi) is 9.38. The van der Waals surface area contributed by atoms with Gasteiger partial charge in [0.1, 0.15) is 0 Å². The van der Waals surface area contributed by atoms with Crippen molar-refractivity contribution in [3.05, 3.63) is 229 Å². The molecule has 2 nitrogen and oxygen atoms in total. The highest BCUT2D eigenvalue weighted by molar-refractivity contribution is 5.99. The normalized spacial score (nSPS) is 16.1. The lowest BCUT2D eigenvalue weighted by atomic mass is 9.67. The van der Waals surface area contributed by atoms with E-state index >= 15 is 0 Å². The first-order chi connectivity index (χ1) is 32.7. The first-order valence-electron chi connectivity index (χ1n) is 24.5. The predicted molar refractivity (Wildman–Crippen MR) is 277 cm³/mol. The first kappa shape index (κ1) is 39.2. The van der Waals surface area contributed by atoms with Crippen LogP contribution in [-0.4, -0.2) is 0 Å². The van der Waals surface area contributed by atoms with Gasteiger partial charge in [-0.1, -0.05) is 178 Å². The van der Waals surface area contributed by atoms with Crippen molar-refractivity contribution in [3.8, 4) is 33.4 Å². The Morgan fingerprint density at radius 3 is 1.27 bits per heavy atom. The molecule has 0 unspecified atom stereocenters. The van der Waals surface area contributed by atoms with Crippen LogP contribution in [0.4, 0.5) is 34.1 Å². The molecule has 9 aromatic rings. The summed E-state index contributed by atoms with van der Waals surface area (Å²) in [6, 6.07) is 77.9. The molecule has 0 bridgehead atoms. The van der Waals surface area contributed by atoms with Gasteiger partial charge in [-0.3, -0.25) is 0 Å². The van der Waals surface area contributed by atoms with E-state index in [0.29, 0.717) is 0 Å². The smallest absolute Gasteiger partial charge is 0.0540 e. The van der Waals surface area contributed by atoms with Gasteiger partial charge in [0.15, 0.2) is 0 Å². The van der Waals surface area contributed by atoms with E-state index < -0.39 is 0 Å². The van der Waals surface area contributed by atoms with Crippen molar-refractivity contribution in [3.63, 3.8) is 0 Å². The maximum atomic E-state index is 2.58. The van der Waals surface area contributed by atoms with E-state index in [1.54, 1.807) is 0 Å². The summed E-state index contributed by atoms with van der Waals surface area (Å²) in [5.41, 5.74) is 21.5. The fourth-order valence-electron chi connectivity index (χ4n) is 13.0. The number of fused-ring (bicyclic) bond motifs is 11. The Balaban J connectivity index is 0.912. The summed E-state index contributed by atoms with van der Waals surface area (Å²) in [5.74, 6) is 0. The molecule has 0 radical (unpaired) electrons. The lowest BCUT2D eigenvalue weighted by Crippen LogP contribution is -2.28. The van der Waals surface area contributed by atoms with Gasteiger partial charge in [0.25, 0.3) is 0 Å². The minimum atomic E-state index is 0.0807. The first-order valence-corrected chi connectivity index (χ1v) is 24.5. The van der Waals surface area contributed by atoms with E-state index in [0.717, 1.165) is 11.4 Å². The molecule has 9 aromatic carbocycles. The molecule has 0 saturated heterocycles. The summed E-state index contributed by atoms with van der Waals surface area (Å²) in [7, 11) is 0. The third kappa shape index (κ3) is 6.14. The zero-order valence-electron chi connectivity index (χ0n) is 37.6.